The summed E-state index contributed by atoms with van der Waals surface area (Å²) in [7, 11) is 0. The highest BCUT2D eigenvalue weighted by Crippen LogP contribution is 2.56. The zero-order valence-electron chi connectivity index (χ0n) is 8.90. The van der Waals surface area contributed by atoms with E-state index in [1.165, 1.54) is 0 Å². The van der Waals surface area contributed by atoms with Gasteiger partial charge in [0.25, 0.3) is 0 Å². The van der Waals surface area contributed by atoms with E-state index >= 15 is 0 Å². The molecular formula is C8H9F9. The summed E-state index contributed by atoms with van der Waals surface area (Å²) >= 11 is 0. The van der Waals surface area contributed by atoms with E-state index in [0.29, 0.717) is 0 Å². The smallest absolute Gasteiger partial charge is 0.238 e. The third kappa shape index (κ3) is 2.20. The van der Waals surface area contributed by atoms with Crippen molar-refractivity contribution in [3.63, 3.8) is 0 Å². The van der Waals surface area contributed by atoms with Gasteiger partial charge >= 0.3 is 23.7 Å². The minimum atomic E-state index is -6.53. The molecule has 0 bridgehead atoms. The van der Waals surface area contributed by atoms with Crippen molar-refractivity contribution < 1.29 is 39.5 Å². The number of halogens is 9. The number of hydrogen-bond donors (Lipinski definition) is 0. The SMILES string of the molecule is CC(C)(F)C(F)(F)C(F)(F)C(F)(F)C(C)(F)F. The molecule has 0 aromatic carbocycles. The molecule has 0 spiro atoms. The van der Waals surface area contributed by atoms with E-state index in [1.54, 1.807) is 0 Å². The lowest BCUT2D eigenvalue weighted by Crippen LogP contribution is -2.66. The molecule has 0 nitrogen and oxygen atoms in total. The molecule has 0 heterocycles. The Morgan fingerprint density at radius 3 is 0.941 bits per heavy atom. The second-order valence-corrected chi connectivity index (χ2v) is 4.08. The van der Waals surface area contributed by atoms with Crippen molar-refractivity contribution in [2.75, 3.05) is 0 Å². The molecule has 0 amide bonds. The highest BCUT2D eigenvalue weighted by atomic mass is 19.4. The van der Waals surface area contributed by atoms with E-state index < -0.39 is 36.3 Å². The van der Waals surface area contributed by atoms with Crippen LogP contribution in [0.4, 0.5) is 39.5 Å². The average Bonchev–Trinajstić information content (AvgIpc) is 1.98. The van der Waals surface area contributed by atoms with Crippen molar-refractivity contribution >= 4 is 0 Å². The maximum atomic E-state index is 12.8. The minimum Gasteiger partial charge on any atom is -0.238 e. The fourth-order valence-electron chi connectivity index (χ4n) is 0.846. The van der Waals surface area contributed by atoms with Gasteiger partial charge in [0, 0.05) is 6.92 Å². The van der Waals surface area contributed by atoms with Crippen molar-refractivity contribution in [2.24, 2.45) is 0 Å². The summed E-state index contributed by atoms with van der Waals surface area (Å²) in [5.74, 6) is -24.3. The lowest BCUT2D eigenvalue weighted by Gasteiger charge is -2.39. The van der Waals surface area contributed by atoms with Crippen LogP contribution in [0.3, 0.4) is 0 Å². The van der Waals surface area contributed by atoms with Gasteiger partial charge in [-0.1, -0.05) is 0 Å². The van der Waals surface area contributed by atoms with Gasteiger partial charge in [0.05, 0.1) is 0 Å². The van der Waals surface area contributed by atoms with Crippen LogP contribution in [0.1, 0.15) is 20.8 Å². The van der Waals surface area contributed by atoms with E-state index in [0.717, 1.165) is 0 Å². The highest BCUT2D eigenvalue weighted by molar-refractivity contribution is 5.07. The highest BCUT2D eigenvalue weighted by Gasteiger charge is 2.82. The lowest BCUT2D eigenvalue weighted by atomic mass is 9.90. The van der Waals surface area contributed by atoms with Crippen LogP contribution in [0.5, 0.6) is 0 Å². The first-order valence-electron chi connectivity index (χ1n) is 4.20. The van der Waals surface area contributed by atoms with Crippen LogP contribution in [-0.2, 0) is 0 Å². The Labute approximate surface area is 90.8 Å². The van der Waals surface area contributed by atoms with Gasteiger partial charge in [0.1, 0.15) is 0 Å². The molecule has 0 saturated carbocycles. The summed E-state index contributed by atoms with van der Waals surface area (Å²) in [6, 6.07) is 0. The third-order valence-electron chi connectivity index (χ3n) is 2.09. The maximum absolute atomic E-state index is 12.8. The molecule has 0 aliphatic heterocycles. The Morgan fingerprint density at radius 1 is 0.471 bits per heavy atom. The summed E-state index contributed by atoms with van der Waals surface area (Å²) < 4.78 is 113. The molecule has 0 fully saturated rings. The van der Waals surface area contributed by atoms with Crippen molar-refractivity contribution in [1.29, 1.82) is 0 Å². The molecular weight excluding hydrogens is 267 g/mol. The Morgan fingerprint density at radius 2 is 0.765 bits per heavy atom. The number of hydrogen-bond acceptors (Lipinski definition) is 0. The van der Waals surface area contributed by atoms with Crippen molar-refractivity contribution in [3.05, 3.63) is 0 Å². The quantitative estimate of drug-likeness (QED) is 0.672. The Balaban J connectivity index is 5.73. The molecule has 9 heteroatoms. The summed E-state index contributed by atoms with van der Waals surface area (Å²) in [6.45, 7) is -0.863. The van der Waals surface area contributed by atoms with Gasteiger partial charge in [0.15, 0.2) is 5.67 Å². The number of rotatable bonds is 4. The van der Waals surface area contributed by atoms with Crippen LogP contribution in [0.25, 0.3) is 0 Å². The Kier molecular flexibility index (Phi) is 3.54. The van der Waals surface area contributed by atoms with Gasteiger partial charge < -0.3 is 0 Å². The van der Waals surface area contributed by atoms with Gasteiger partial charge in [-0.05, 0) is 13.8 Å². The molecule has 0 aliphatic carbocycles. The van der Waals surface area contributed by atoms with Crippen LogP contribution in [0, 0.1) is 0 Å². The van der Waals surface area contributed by atoms with E-state index in [-0.39, 0.29) is 13.8 Å². The summed E-state index contributed by atoms with van der Waals surface area (Å²) in [5, 5.41) is 0. The van der Waals surface area contributed by atoms with E-state index in [2.05, 4.69) is 0 Å². The molecule has 104 valence electrons. The van der Waals surface area contributed by atoms with Gasteiger partial charge in [-0.3, -0.25) is 0 Å². The van der Waals surface area contributed by atoms with Crippen molar-refractivity contribution in [1.82, 2.24) is 0 Å². The van der Waals surface area contributed by atoms with Crippen LogP contribution >= 0.6 is 0 Å². The van der Waals surface area contributed by atoms with Crippen molar-refractivity contribution in [3.8, 4) is 0 Å². The van der Waals surface area contributed by atoms with Crippen LogP contribution < -0.4 is 0 Å². The second-order valence-electron chi connectivity index (χ2n) is 4.08. The zero-order valence-corrected chi connectivity index (χ0v) is 8.90. The normalized spacial score (nSPS) is 16.2. The fraction of sp³-hybridized carbons (Fsp3) is 1.00. The molecule has 0 rings (SSSR count). The van der Waals surface area contributed by atoms with E-state index in [1.807, 2.05) is 0 Å². The van der Waals surface area contributed by atoms with Crippen LogP contribution in [0.2, 0.25) is 0 Å². The number of alkyl halides is 9. The topological polar surface area (TPSA) is 0 Å². The van der Waals surface area contributed by atoms with Gasteiger partial charge in [0.2, 0.25) is 0 Å². The summed E-state index contributed by atoms with van der Waals surface area (Å²) in [6.07, 6.45) is 0. The lowest BCUT2D eigenvalue weighted by molar-refractivity contribution is -0.380. The Bertz CT molecular complexity index is 252. The summed E-state index contributed by atoms with van der Waals surface area (Å²) in [4.78, 5) is 0. The predicted molar refractivity (Wildman–Crippen MR) is 40.6 cm³/mol. The van der Waals surface area contributed by atoms with Crippen LogP contribution in [0.15, 0.2) is 0 Å². The largest absolute Gasteiger partial charge is 0.381 e. The van der Waals surface area contributed by atoms with Gasteiger partial charge in [-0.15, -0.1) is 0 Å². The molecule has 0 radical (unpaired) electrons. The van der Waals surface area contributed by atoms with E-state index in [4.69, 9.17) is 0 Å². The molecule has 17 heavy (non-hydrogen) atoms. The minimum absolute atomic E-state index is 0.106. The molecule has 0 unspecified atom stereocenters. The second kappa shape index (κ2) is 3.68. The van der Waals surface area contributed by atoms with Gasteiger partial charge in [-0.2, -0.15) is 35.1 Å². The standard InChI is InChI=1S/C8H9F9/c1-4(2,9)6(12,13)8(16,17)7(14,15)5(3,10)11/h1-3H3. The molecule has 0 N–H and O–H groups in total. The first kappa shape index (κ1) is 16.4. The average molecular weight is 276 g/mol. The maximum Gasteiger partial charge on any atom is 0.381 e. The van der Waals surface area contributed by atoms with Crippen LogP contribution in [-0.4, -0.2) is 29.4 Å². The monoisotopic (exact) mass is 276 g/mol. The molecule has 0 aromatic heterocycles. The van der Waals surface area contributed by atoms with E-state index in [9.17, 15) is 39.5 Å². The van der Waals surface area contributed by atoms with Gasteiger partial charge in [-0.25, -0.2) is 4.39 Å². The van der Waals surface area contributed by atoms with Crippen molar-refractivity contribution in [2.45, 2.75) is 50.1 Å². The fourth-order valence-corrected chi connectivity index (χ4v) is 0.846. The summed E-state index contributed by atoms with van der Waals surface area (Å²) in [5.41, 5.74) is -4.09. The molecule has 0 aromatic rings. The first-order valence-corrected chi connectivity index (χ1v) is 4.20. The third-order valence-corrected chi connectivity index (χ3v) is 2.09. The molecule has 0 saturated heterocycles. The first-order chi connectivity index (χ1) is 7.00. The molecule has 0 atom stereocenters. The molecule has 0 aliphatic rings. The predicted octanol–water partition coefficient (Wildman–Crippen LogP) is 4.30. The Hall–Kier alpha value is -0.630. The zero-order chi connectivity index (χ0) is 14.5.